The zero-order valence-corrected chi connectivity index (χ0v) is 13.2. The summed E-state index contributed by atoms with van der Waals surface area (Å²) in [7, 11) is 0. The Morgan fingerprint density at radius 2 is 2.00 bits per heavy atom. The van der Waals surface area contributed by atoms with E-state index in [0.29, 0.717) is 19.5 Å². The number of carboxylic acid groups (broad SMARTS) is 1. The molecule has 124 valence electrons. The van der Waals surface area contributed by atoms with Gasteiger partial charge in [0.05, 0.1) is 18.1 Å². The van der Waals surface area contributed by atoms with Gasteiger partial charge in [-0.2, -0.15) is 0 Å². The van der Waals surface area contributed by atoms with Crippen molar-refractivity contribution >= 4 is 11.9 Å². The second kappa shape index (κ2) is 7.13. The van der Waals surface area contributed by atoms with Crippen molar-refractivity contribution in [2.24, 2.45) is 5.92 Å². The summed E-state index contributed by atoms with van der Waals surface area (Å²) in [5, 5.41) is 8.83. The number of rotatable bonds is 7. The molecule has 0 spiro atoms. The molecule has 5 nitrogen and oxygen atoms in total. The molecule has 3 unspecified atom stereocenters. The molecule has 0 aromatic heterocycles. The molecule has 2 saturated heterocycles. The maximum absolute atomic E-state index is 12.9. The normalized spacial score (nSPS) is 25.5. The molecule has 23 heavy (non-hydrogen) atoms. The number of ether oxygens (including phenoxy) is 1. The first kappa shape index (κ1) is 16.0. The Bertz CT molecular complexity index is 559. The van der Waals surface area contributed by atoms with Crippen LogP contribution in [0.15, 0.2) is 30.3 Å². The zero-order chi connectivity index (χ0) is 16.2. The molecule has 2 bridgehead atoms. The summed E-state index contributed by atoms with van der Waals surface area (Å²) >= 11 is 0. The van der Waals surface area contributed by atoms with Crippen molar-refractivity contribution in [1.82, 2.24) is 4.90 Å². The summed E-state index contributed by atoms with van der Waals surface area (Å²) in [6.07, 6.45) is 3.72. The number of carbonyl (C=O) groups is 2. The SMILES string of the molecule is O=C(O)CCCN(Cc1ccccc1)C(=O)C1CC2CCC1O2. The molecule has 0 saturated carbocycles. The van der Waals surface area contributed by atoms with Gasteiger partial charge in [-0.05, 0) is 31.2 Å². The predicted molar refractivity (Wildman–Crippen MR) is 84.7 cm³/mol. The highest BCUT2D eigenvalue weighted by Gasteiger charge is 2.45. The lowest BCUT2D eigenvalue weighted by Crippen LogP contribution is -2.40. The average molecular weight is 317 g/mol. The van der Waals surface area contributed by atoms with Gasteiger partial charge in [-0.3, -0.25) is 9.59 Å². The molecular formula is C18H23NO4. The Hall–Kier alpha value is -1.88. The first-order valence-corrected chi connectivity index (χ1v) is 8.33. The fraction of sp³-hybridized carbons (Fsp3) is 0.556. The number of benzene rings is 1. The highest BCUT2D eigenvalue weighted by molar-refractivity contribution is 5.80. The van der Waals surface area contributed by atoms with Gasteiger partial charge >= 0.3 is 5.97 Å². The maximum atomic E-state index is 12.9. The summed E-state index contributed by atoms with van der Waals surface area (Å²) in [4.78, 5) is 25.5. The van der Waals surface area contributed by atoms with E-state index in [4.69, 9.17) is 9.84 Å². The van der Waals surface area contributed by atoms with Gasteiger partial charge in [0.15, 0.2) is 0 Å². The molecule has 5 heteroatoms. The van der Waals surface area contributed by atoms with Gasteiger partial charge in [0.2, 0.25) is 5.91 Å². The van der Waals surface area contributed by atoms with Gasteiger partial charge in [0, 0.05) is 19.5 Å². The number of nitrogens with zero attached hydrogens (tertiary/aromatic N) is 1. The van der Waals surface area contributed by atoms with E-state index >= 15 is 0 Å². The van der Waals surface area contributed by atoms with Crippen LogP contribution in [-0.4, -0.2) is 40.6 Å². The Labute approximate surface area is 136 Å². The van der Waals surface area contributed by atoms with E-state index in [1.807, 2.05) is 35.2 Å². The molecule has 1 aromatic rings. The highest BCUT2D eigenvalue weighted by atomic mass is 16.5. The number of fused-ring (bicyclic) bond motifs is 2. The van der Waals surface area contributed by atoms with E-state index in [2.05, 4.69) is 0 Å². The van der Waals surface area contributed by atoms with E-state index in [1.54, 1.807) is 0 Å². The van der Waals surface area contributed by atoms with Gasteiger partial charge in [-0.25, -0.2) is 0 Å². The Morgan fingerprint density at radius 3 is 2.61 bits per heavy atom. The predicted octanol–water partition coefficient (Wildman–Crippen LogP) is 2.45. The number of carboxylic acids is 1. The van der Waals surface area contributed by atoms with Crippen molar-refractivity contribution in [2.75, 3.05) is 6.54 Å². The second-order valence-corrected chi connectivity index (χ2v) is 6.46. The molecule has 2 aliphatic heterocycles. The van der Waals surface area contributed by atoms with E-state index < -0.39 is 5.97 Å². The number of amides is 1. The first-order valence-electron chi connectivity index (χ1n) is 8.33. The van der Waals surface area contributed by atoms with Gasteiger partial charge < -0.3 is 14.7 Å². The van der Waals surface area contributed by atoms with Crippen molar-refractivity contribution in [3.05, 3.63) is 35.9 Å². The minimum absolute atomic E-state index is 0.0534. The number of carbonyl (C=O) groups excluding carboxylic acids is 1. The fourth-order valence-corrected chi connectivity index (χ4v) is 3.62. The van der Waals surface area contributed by atoms with Crippen LogP contribution in [0.25, 0.3) is 0 Å². The quantitative estimate of drug-likeness (QED) is 0.839. The van der Waals surface area contributed by atoms with Crippen LogP contribution in [0.3, 0.4) is 0 Å². The van der Waals surface area contributed by atoms with Crippen LogP contribution in [0.4, 0.5) is 0 Å². The first-order chi connectivity index (χ1) is 11.1. The van der Waals surface area contributed by atoms with Gasteiger partial charge in [0.1, 0.15) is 0 Å². The van der Waals surface area contributed by atoms with Gasteiger partial charge in [-0.1, -0.05) is 30.3 Å². The minimum atomic E-state index is -0.819. The van der Waals surface area contributed by atoms with E-state index in [-0.39, 0.29) is 30.5 Å². The van der Waals surface area contributed by atoms with E-state index in [9.17, 15) is 9.59 Å². The Kier molecular flexibility index (Phi) is 4.96. The molecule has 2 fully saturated rings. The van der Waals surface area contributed by atoms with Crippen molar-refractivity contribution in [3.8, 4) is 0 Å². The maximum Gasteiger partial charge on any atom is 0.303 e. The summed E-state index contributed by atoms with van der Waals surface area (Å²) in [6, 6.07) is 9.85. The Morgan fingerprint density at radius 1 is 1.22 bits per heavy atom. The van der Waals surface area contributed by atoms with Gasteiger partial charge in [0.25, 0.3) is 0 Å². The standard InChI is InChI=1S/C18H23NO4/c20-17(21)7-4-10-19(12-13-5-2-1-3-6-13)18(22)15-11-14-8-9-16(15)23-14/h1-3,5-6,14-16H,4,7-12H2,(H,20,21). The summed E-state index contributed by atoms with van der Waals surface area (Å²) in [6.45, 7) is 1.01. The number of hydrogen-bond acceptors (Lipinski definition) is 3. The molecule has 2 aliphatic rings. The topological polar surface area (TPSA) is 66.8 Å². The van der Waals surface area contributed by atoms with Crippen LogP contribution in [0.5, 0.6) is 0 Å². The molecule has 1 amide bonds. The molecular weight excluding hydrogens is 294 g/mol. The van der Waals surface area contributed by atoms with Crippen molar-refractivity contribution in [3.63, 3.8) is 0 Å². The zero-order valence-electron chi connectivity index (χ0n) is 13.2. The fourth-order valence-electron chi connectivity index (χ4n) is 3.62. The molecule has 0 radical (unpaired) electrons. The number of hydrogen-bond donors (Lipinski definition) is 1. The van der Waals surface area contributed by atoms with Crippen LogP contribution in [0, 0.1) is 5.92 Å². The summed E-state index contributed by atoms with van der Waals surface area (Å²) < 4.78 is 5.81. The second-order valence-electron chi connectivity index (χ2n) is 6.46. The Balaban J connectivity index is 1.66. The lowest BCUT2D eigenvalue weighted by atomic mass is 9.88. The van der Waals surface area contributed by atoms with E-state index in [1.165, 1.54) is 0 Å². The third-order valence-corrected chi connectivity index (χ3v) is 4.77. The van der Waals surface area contributed by atoms with Crippen molar-refractivity contribution < 1.29 is 19.4 Å². The number of aliphatic carboxylic acids is 1. The van der Waals surface area contributed by atoms with Crippen LogP contribution >= 0.6 is 0 Å². The minimum Gasteiger partial charge on any atom is -0.481 e. The third-order valence-electron chi connectivity index (χ3n) is 4.77. The van der Waals surface area contributed by atoms with Crippen molar-refractivity contribution in [1.29, 1.82) is 0 Å². The largest absolute Gasteiger partial charge is 0.481 e. The monoisotopic (exact) mass is 317 g/mol. The molecule has 0 aliphatic carbocycles. The van der Waals surface area contributed by atoms with Crippen LogP contribution in [0.2, 0.25) is 0 Å². The van der Waals surface area contributed by atoms with Crippen molar-refractivity contribution in [2.45, 2.75) is 50.9 Å². The molecule has 1 aromatic carbocycles. The van der Waals surface area contributed by atoms with Crippen LogP contribution < -0.4 is 0 Å². The average Bonchev–Trinajstić information content (AvgIpc) is 3.17. The smallest absolute Gasteiger partial charge is 0.303 e. The molecule has 1 N–H and O–H groups in total. The lowest BCUT2D eigenvalue weighted by molar-refractivity contribution is -0.140. The van der Waals surface area contributed by atoms with E-state index in [0.717, 1.165) is 24.8 Å². The van der Waals surface area contributed by atoms with Gasteiger partial charge in [-0.15, -0.1) is 0 Å². The van der Waals surface area contributed by atoms with Crippen LogP contribution in [0.1, 0.15) is 37.7 Å². The lowest BCUT2D eigenvalue weighted by Gasteiger charge is -2.28. The third kappa shape index (κ3) is 3.91. The molecule has 3 atom stereocenters. The molecule has 2 heterocycles. The van der Waals surface area contributed by atoms with Crippen LogP contribution in [-0.2, 0) is 20.9 Å². The highest BCUT2D eigenvalue weighted by Crippen LogP contribution is 2.39. The summed E-state index contributed by atoms with van der Waals surface area (Å²) in [5.41, 5.74) is 1.07. The summed E-state index contributed by atoms with van der Waals surface area (Å²) in [5.74, 6) is -0.755. The molecule has 3 rings (SSSR count).